The largest absolute Gasteiger partial charge is 0.359 e. The lowest BCUT2D eigenvalue weighted by atomic mass is 10.2. The number of hydrazine groups is 1. The van der Waals surface area contributed by atoms with Crippen molar-refractivity contribution in [1.82, 2.24) is 20.8 Å². The number of aliphatic imine (C=N–C) groups is 1. The predicted molar refractivity (Wildman–Crippen MR) is 107 cm³/mol. The lowest BCUT2D eigenvalue weighted by molar-refractivity contribution is 0.131. The van der Waals surface area contributed by atoms with E-state index < -0.39 is 0 Å². The van der Waals surface area contributed by atoms with E-state index in [0.29, 0.717) is 17.7 Å². The average Bonchev–Trinajstić information content (AvgIpc) is 3.32. The third-order valence-electron chi connectivity index (χ3n) is 4.40. The second kappa shape index (κ2) is 8.28. The van der Waals surface area contributed by atoms with Crippen LogP contribution in [0, 0.1) is 0 Å². The van der Waals surface area contributed by atoms with Gasteiger partial charge in [0.2, 0.25) is 0 Å². The van der Waals surface area contributed by atoms with Crippen LogP contribution in [0.5, 0.6) is 0 Å². The van der Waals surface area contributed by atoms with Crippen molar-refractivity contribution in [2.75, 3.05) is 11.9 Å². The van der Waals surface area contributed by atoms with Crippen LogP contribution < -0.4 is 16.2 Å². The van der Waals surface area contributed by atoms with Crippen molar-refractivity contribution < 1.29 is 4.74 Å². The Morgan fingerprint density at radius 2 is 2.11 bits per heavy atom. The van der Waals surface area contributed by atoms with E-state index in [1.54, 1.807) is 0 Å². The lowest BCUT2D eigenvalue weighted by Crippen LogP contribution is -2.29. The minimum absolute atomic E-state index is 0.00218. The molecular weight excluding hydrogens is 340 g/mol. The highest BCUT2D eigenvalue weighted by atomic mass is 16.5. The monoisotopic (exact) mass is 364 g/mol. The molecule has 0 saturated carbocycles. The van der Waals surface area contributed by atoms with Gasteiger partial charge in [-0.2, -0.15) is 0 Å². The number of hydrogen-bond acceptors (Lipinski definition) is 6. The summed E-state index contributed by atoms with van der Waals surface area (Å²) >= 11 is 0. The first-order valence-electron chi connectivity index (χ1n) is 9.34. The summed E-state index contributed by atoms with van der Waals surface area (Å²) in [5.74, 6) is 2.84. The maximum absolute atomic E-state index is 5.67. The second-order valence-electron chi connectivity index (χ2n) is 6.79. The van der Waals surface area contributed by atoms with Crippen LogP contribution in [0.3, 0.4) is 0 Å². The molecule has 2 aliphatic rings. The fourth-order valence-electron chi connectivity index (χ4n) is 3.06. The van der Waals surface area contributed by atoms with Gasteiger partial charge in [-0.1, -0.05) is 36.4 Å². The van der Waals surface area contributed by atoms with Crippen LogP contribution in [0.1, 0.15) is 37.6 Å². The number of aromatic nitrogens is 2. The van der Waals surface area contributed by atoms with Gasteiger partial charge in [-0.15, -0.1) is 0 Å². The van der Waals surface area contributed by atoms with Crippen molar-refractivity contribution in [3.8, 4) is 0 Å². The number of ether oxygens (including phenoxy) is 1. The van der Waals surface area contributed by atoms with Crippen molar-refractivity contribution in [3.05, 3.63) is 47.8 Å². The van der Waals surface area contributed by atoms with Gasteiger partial charge in [-0.05, 0) is 31.4 Å². The van der Waals surface area contributed by atoms with Gasteiger partial charge in [-0.25, -0.2) is 20.4 Å². The number of anilines is 1. The van der Waals surface area contributed by atoms with E-state index in [0.717, 1.165) is 43.1 Å². The molecule has 2 aliphatic heterocycles. The second-order valence-corrected chi connectivity index (χ2v) is 6.79. The SMILES string of the molecule is CC1CC(=Nc2cc(NC3CCCO3)nc(/C=C/c3ccccc3)n2)NN1. The number of nitrogens with zero attached hydrogens (tertiary/aromatic N) is 3. The van der Waals surface area contributed by atoms with Crippen LogP contribution in [0.2, 0.25) is 0 Å². The Balaban J connectivity index is 1.60. The maximum atomic E-state index is 5.67. The molecule has 0 spiro atoms. The molecule has 0 bridgehead atoms. The maximum Gasteiger partial charge on any atom is 0.160 e. The number of amidine groups is 1. The van der Waals surface area contributed by atoms with E-state index in [4.69, 9.17) is 4.74 Å². The summed E-state index contributed by atoms with van der Waals surface area (Å²) in [4.78, 5) is 13.8. The molecular formula is C20H24N6O. The highest BCUT2D eigenvalue weighted by molar-refractivity contribution is 5.86. The summed E-state index contributed by atoms with van der Waals surface area (Å²) in [5, 5.41) is 3.34. The van der Waals surface area contributed by atoms with Gasteiger partial charge in [-0.3, -0.25) is 0 Å². The zero-order valence-electron chi connectivity index (χ0n) is 15.4. The number of nitrogens with one attached hydrogen (secondary N) is 3. The summed E-state index contributed by atoms with van der Waals surface area (Å²) in [6.45, 7) is 2.89. The Morgan fingerprint density at radius 3 is 2.85 bits per heavy atom. The Kier molecular flexibility index (Phi) is 5.41. The highest BCUT2D eigenvalue weighted by Gasteiger charge is 2.17. The van der Waals surface area contributed by atoms with Gasteiger partial charge >= 0.3 is 0 Å². The molecule has 7 nitrogen and oxygen atoms in total. The fourth-order valence-corrected chi connectivity index (χ4v) is 3.06. The quantitative estimate of drug-likeness (QED) is 0.756. The summed E-state index contributed by atoms with van der Waals surface area (Å²) in [7, 11) is 0. The number of benzene rings is 1. The van der Waals surface area contributed by atoms with E-state index in [1.807, 2.05) is 48.6 Å². The van der Waals surface area contributed by atoms with Crippen molar-refractivity contribution in [2.24, 2.45) is 4.99 Å². The fraction of sp³-hybridized carbons (Fsp3) is 0.350. The topological polar surface area (TPSA) is 83.5 Å². The molecule has 0 radical (unpaired) electrons. The summed E-state index contributed by atoms with van der Waals surface area (Å²) < 4.78 is 5.67. The van der Waals surface area contributed by atoms with E-state index in [-0.39, 0.29) is 6.23 Å². The molecule has 2 saturated heterocycles. The van der Waals surface area contributed by atoms with Crippen LogP contribution in [-0.2, 0) is 4.74 Å². The molecule has 4 rings (SSSR count). The van der Waals surface area contributed by atoms with Crippen molar-refractivity contribution in [3.63, 3.8) is 0 Å². The standard InChI is InChI=1S/C20H24N6O/c1-14-12-19(26-25-14)23-17-13-18(24-20-8-5-11-27-20)22-16(21-17)10-9-15-6-3-2-4-7-15/h2-4,6-7,9-10,13-14,20,25H,5,8,11-12H2,1H3,(H2,21,22,23,24,26)/b10-9+. The summed E-state index contributed by atoms with van der Waals surface area (Å²) in [5.41, 5.74) is 7.35. The Bertz CT molecular complexity index is 830. The van der Waals surface area contributed by atoms with Gasteiger partial charge in [0.1, 0.15) is 17.9 Å². The Hall–Kier alpha value is -2.77. The van der Waals surface area contributed by atoms with Crippen molar-refractivity contribution in [2.45, 2.75) is 38.5 Å². The Morgan fingerprint density at radius 1 is 1.22 bits per heavy atom. The van der Waals surface area contributed by atoms with Crippen LogP contribution in [0.25, 0.3) is 12.2 Å². The molecule has 2 aromatic rings. The molecule has 0 amide bonds. The lowest BCUT2D eigenvalue weighted by Gasteiger charge is -2.13. The minimum Gasteiger partial charge on any atom is -0.359 e. The number of rotatable bonds is 5. The Labute approximate surface area is 159 Å². The highest BCUT2D eigenvalue weighted by Crippen LogP contribution is 2.20. The first-order valence-corrected chi connectivity index (χ1v) is 9.34. The molecule has 7 heteroatoms. The zero-order chi connectivity index (χ0) is 18.5. The first-order chi connectivity index (χ1) is 13.2. The van der Waals surface area contributed by atoms with Crippen LogP contribution >= 0.6 is 0 Å². The van der Waals surface area contributed by atoms with Crippen molar-refractivity contribution in [1.29, 1.82) is 0 Å². The normalized spacial score (nSPS) is 23.8. The molecule has 3 N–H and O–H groups in total. The molecule has 0 aliphatic carbocycles. The van der Waals surface area contributed by atoms with Crippen LogP contribution in [0.4, 0.5) is 11.6 Å². The van der Waals surface area contributed by atoms with E-state index in [1.165, 1.54) is 0 Å². The zero-order valence-corrected chi connectivity index (χ0v) is 15.4. The van der Waals surface area contributed by atoms with Gasteiger partial charge in [0, 0.05) is 25.1 Å². The molecule has 2 atom stereocenters. The third-order valence-corrected chi connectivity index (χ3v) is 4.40. The molecule has 27 heavy (non-hydrogen) atoms. The third kappa shape index (κ3) is 4.90. The minimum atomic E-state index is -0.00218. The average molecular weight is 364 g/mol. The van der Waals surface area contributed by atoms with E-state index >= 15 is 0 Å². The summed E-state index contributed by atoms with van der Waals surface area (Å²) in [6.07, 6.45) is 6.78. The van der Waals surface area contributed by atoms with Gasteiger partial charge in [0.15, 0.2) is 11.6 Å². The van der Waals surface area contributed by atoms with Crippen molar-refractivity contribution >= 4 is 29.6 Å². The predicted octanol–water partition coefficient (Wildman–Crippen LogP) is 3.11. The van der Waals surface area contributed by atoms with Crippen LogP contribution in [0.15, 0.2) is 41.4 Å². The molecule has 2 unspecified atom stereocenters. The molecule has 1 aromatic heterocycles. The number of hydrogen-bond donors (Lipinski definition) is 3. The van der Waals surface area contributed by atoms with Crippen LogP contribution in [-0.4, -0.2) is 34.7 Å². The van der Waals surface area contributed by atoms with Gasteiger partial charge < -0.3 is 15.5 Å². The molecule has 2 fully saturated rings. The smallest absolute Gasteiger partial charge is 0.160 e. The van der Waals surface area contributed by atoms with Gasteiger partial charge in [0.05, 0.1) is 0 Å². The van der Waals surface area contributed by atoms with E-state index in [2.05, 4.69) is 38.1 Å². The molecule has 140 valence electrons. The molecule has 3 heterocycles. The summed E-state index contributed by atoms with van der Waals surface area (Å²) in [6, 6.07) is 12.3. The molecule has 1 aromatic carbocycles. The van der Waals surface area contributed by atoms with Gasteiger partial charge in [0.25, 0.3) is 0 Å². The van der Waals surface area contributed by atoms with E-state index in [9.17, 15) is 0 Å². The first kappa shape index (κ1) is 17.6.